The van der Waals surface area contributed by atoms with Crippen LogP contribution in [-0.2, 0) is 11.4 Å². The van der Waals surface area contributed by atoms with Crippen LogP contribution in [0.2, 0.25) is 0 Å². The third-order valence-corrected chi connectivity index (χ3v) is 6.21. The number of anilines is 1. The molecule has 1 fully saturated rings. The molecule has 0 radical (unpaired) electrons. The third-order valence-electron chi connectivity index (χ3n) is 6.21. The van der Waals surface area contributed by atoms with E-state index in [1.165, 1.54) is 48.7 Å². The van der Waals surface area contributed by atoms with E-state index < -0.39 is 36.8 Å². The number of nitrogens with zero attached hydrogens (tertiary/aromatic N) is 3. The smallest absolute Gasteiger partial charge is 0.257 e. The lowest BCUT2D eigenvalue weighted by molar-refractivity contribution is -0.616. The largest absolute Gasteiger partial charge is 0.618 e. The Kier molecular flexibility index (Phi) is 7.41. The van der Waals surface area contributed by atoms with Crippen LogP contribution in [0.15, 0.2) is 60.9 Å². The highest BCUT2D eigenvalue weighted by Crippen LogP contribution is 2.40. The van der Waals surface area contributed by atoms with Crippen molar-refractivity contribution in [2.45, 2.75) is 37.8 Å². The number of likely N-dealkylation sites (tertiary alicyclic amines) is 1. The average Bonchev–Trinajstić information content (AvgIpc) is 2.86. The summed E-state index contributed by atoms with van der Waals surface area (Å²) >= 11 is 0. The molecule has 0 bridgehead atoms. The Labute approximate surface area is 205 Å². The van der Waals surface area contributed by atoms with Crippen molar-refractivity contribution >= 4 is 11.7 Å². The molecular formula is C25H25F3N4O4. The first-order chi connectivity index (χ1) is 17.2. The molecule has 190 valence electrons. The maximum absolute atomic E-state index is 14.8. The zero-order valence-electron chi connectivity index (χ0n) is 19.4. The predicted molar refractivity (Wildman–Crippen MR) is 124 cm³/mol. The van der Waals surface area contributed by atoms with Crippen LogP contribution in [0, 0.1) is 11.0 Å². The van der Waals surface area contributed by atoms with Crippen molar-refractivity contribution in [3.05, 3.63) is 83.2 Å². The van der Waals surface area contributed by atoms with Crippen molar-refractivity contribution in [3.8, 4) is 11.5 Å². The van der Waals surface area contributed by atoms with Gasteiger partial charge in [0.05, 0.1) is 18.2 Å². The number of halogens is 3. The maximum atomic E-state index is 14.8. The molecule has 2 aromatic heterocycles. The van der Waals surface area contributed by atoms with E-state index in [2.05, 4.69) is 10.3 Å². The van der Waals surface area contributed by atoms with Crippen molar-refractivity contribution in [1.29, 1.82) is 0 Å². The van der Waals surface area contributed by atoms with Crippen molar-refractivity contribution in [2.24, 2.45) is 0 Å². The van der Waals surface area contributed by atoms with Gasteiger partial charge in [-0.2, -0.15) is 4.73 Å². The van der Waals surface area contributed by atoms with E-state index >= 15 is 0 Å². The van der Waals surface area contributed by atoms with Crippen LogP contribution in [0.5, 0.6) is 11.5 Å². The number of rotatable bonds is 7. The fourth-order valence-electron chi connectivity index (χ4n) is 4.06. The van der Waals surface area contributed by atoms with Gasteiger partial charge < -0.3 is 20.4 Å². The van der Waals surface area contributed by atoms with E-state index in [1.807, 2.05) is 0 Å². The minimum absolute atomic E-state index is 0.0111. The van der Waals surface area contributed by atoms with Gasteiger partial charge in [0.25, 0.3) is 5.92 Å². The number of alkyl halides is 2. The van der Waals surface area contributed by atoms with Crippen LogP contribution in [0.3, 0.4) is 0 Å². The summed E-state index contributed by atoms with van der Waals surface area (Å²) in [5.41, 5.74) is 0.205. The fourth-order valence-corrected chi connectivity index (χ4v) is 4.06. The molecule has 2 N–H and O–H groups in total. The number of ether oxygens (including phenoxy) is 1. The number of carbonyl (C=O) groups excluding carboxylic acids is 1. The van der Waals surface area contributed by atoms with Crippen LogP contribution in [0.4, 0.5) is 19.0 Å². The minimum atomic E-state index is -3.03. The molecular weight excluding hydrogens is 477 g/mol. The van der Waals surface area contributed by atoms with Gasteiger partial charge in [0.2, 0.25) is 11.6 Å². The standard InChI is InChI=1S/C25H25F3N4O4/c1-16(24(34)30-23-7-6-21(13-29-23)36-20-4-2-18(26)3-5-20)31-11-9-25(27,28)22(14-31)17-8-10-32(35)19(12-17)15-33/h2-8,10,12-13,16,22,33H,9,11,14-15H2,1H3,(H,29,30,34). The van der Waals surface area contributed by atoms with Crippen LogP contribution in [-0.4, -0.2) is 46.0 Å². The second-order valence-corrected chi connectivity index (χ2v) is 8.59. The Balaban J connectivity index is 1.40. The number of benzene rings is 1. The van der Waals surface area contributed by atoms with Gasteiger partial charge >= 0.3 is 0 Å². The highest BCUT2D eigenvalue weighted by Gasteiger charge is 2.46. The number of pyridine rings is 2. The number of hydrogen-bond acceptors (Lipinski definition) is 6. The van der Waals surface area contributed by atoms with Gasteiger partial charge in [-0.25, -0.2) is 18.2 Å². The highest BCUT2D eigenvalue weighted by molar-refractivity contribution is 5.93. The molecule has 2 atom stereocenters. The topological polar surface area (TPSA) is 102 Å². The lowest BCUT2D eigenvalue weighted by Crippen LogP contribution is -2.52. The van der Waals surface area contributed by atoms with Crippen molar-refractivity contribution in [1.82, 2.24) is 9.88 Å². The normalized spacial score (nSPS) is 18.4. The number of aliphatic hydroxyl groups excluding tert-OH is 1. The first-order valence-corrected chi connectivity index (χ1v) is 11.3. The second kappa shape index (κ2) is 10.5. The monoisotopic (exact) mass is 502 g/mol. The highest BCUT2D eigenvalue weighted by atomic mass is 19.3. The van der Waals surface area contributed by atoms with Gasteiger partial charge in [-0.1, -0.05) is 0 Å². The lowest BCUT2D eigenvalue weighted by atomic mass is 9.86. The van der Waals surface area contributed by atoms with Crippen LogP contribution < -0.4 is 14.8 Å². The molecule has 0 spiro atoms. The van der Waals surface area contributed by atoms with Gasteiger partial charge in [-0.05, 0) is 48.9 Å². The number of nitrogens with one attached hydrogen (secondary N) is 1. The Hall–Kier alpha value is -3.70. The molecule has 36 heavy (non-hydrogen) atoms. The van der Waals surface area contributed by atoms with Crippen LogP contribution >= 0.6 is 0 Å². The zero-order valence-corrected chi connectivity index (χ0v) is 19.4. The molecule has 11 heteroatoms. The summed E-state index contributed by atoms with van der Waals surface area (Å²) in [7, 11) is 0. The minimum Gasteiger partial charge on any atom is -0.618 e. The number of aliphatic hydroxyl groups is 1. The fraction of sp³-hybridized carbons (Fsp3) is 0.320. The zero-order chi connectivity index (χ0) is 25.9. The summed E-state index contributed by atoms with van der Waals surface area (Å²) in [5, 5.41) is 23.7. The Morgan fingerprint density at radius 1 is 1.28 bits per heavy atom. The molecule has 8 nitrogen and oxygen atoms in total. The van der Waals surface area contributed by atoms with Crippen LogP contribution in [0.1, 0.15) is 30.5 Å². The Morgan fingerprint density at radius 2 is 2.00 bits per heavy atom. The van der Waals surface area contributed by atoms with Crippen LogP contribution in [0.25, 0.3) is 0 Å². The Morgan fingerprint density at radius 3 is 2.67 bits per heavy atom. The number of carbonyl (C=O) groups is 1. The molecule has 1 aromatic carbocycles. The first kappa shape index (κ1) is 25.4. The molecule has 1 saturated heterocycles. The molecule has 0 saturated carbocycles. The van der Waals surface area contributed by atoms with E-state index in [9.17, 15) is 28.3 Å². The summed E-state index contributed by atoms with van der Waals surface area (Å²) in [6, 6.07) is 10.5. The summed E-state index contributed by atoms with van der Waals surface area (Å²) in [6.07, 6.45) is 2.04. The van der Waals surface area contributed by atoms with E-state index in [4.69, 9.17) is 4.74 Å². The predicted octanol–water partition coefficient (Wildman–Crippen LogP) is 3.59. The Bertz CT molecular complexity index is 1210. The number of amides is 1. The van der Waals surface area contributed by atoms with Crippen molar-refractivity contribution in [3.63, 3.8) is 0 Å². The molecule has 2 unspecified atom stereocenters. The summed E-state index contributed by atoms with van der Waals surface area (Å²) in [4.78, 5) is 18.6. The van der Waals surface area contributed by atoms with Crippen molar-refractivity contribution < 1.29 is 32.5 Å². The first-order valence-electron chi connectivity index (χ1n) is 11.3. The van der Waals surface area contributed by atoms with E-state index in [-0.39, 0.29) is 36.0 Å². The molecule has 3 heterocycles. The molecule has 0 aliphatic carbocycles. The quantitative estimate of drug-likeness (QED) is 0.378. The molecule has 1 amide bonds. The summed E-state index contributed by atoms with van der Waals surface area (Å²) in [6.45, 7) is 0.959. The SMILES string of the molecule is CC(C(=O)Nc1ccc(Oc2ccc(F)cc2)cn1)N1CCC(F)(F)C(c2cc[n+]([O-])c(CO)c2)C1. The summed E-state index contributed by atoms with van der Waals surface area (Å²) in [5.74, 6) is -4.00. The lowest BCUT2D eigenvalue weighted by Gasteiger charge is -2.40. The van der Waals surface area contributed by atoms with E-state index in [0.29, 0.717) is 16.2 Å². The molecule has 1 aliphatic rings. The summed E-state index contributed by atoms with van der Waals surface area (Å²) < 4.78 is 48.6. The average molecular weight is 502 g/mol. The maximum Gasteiger partial charge on any atom is 0.257 e. The number of aromatic nitrogens is 2. The molecule has 3 aromatic rings. The van der Waals surface area contributed by atoms with Gasteiger partial charge in [0.1, 0.15) is 29.7 Å². The van der Waals surface area contributed by atoms with Gasteiger partial charge in [-0.15, -0.1) is 0 Å². The molecule has 1 aliphatic heterocycles. The van der Waals surface area contributed by atoms with Gasteiger partial charge in [0.15, 0.2) is 6.20 Å². The van der Waals surface area contributed by atoms with E-state index in [0.717, 1.165) is 6.20 Å². The van der Waals surface area contributed by atoms with Crippen molar-refractivity contribution in [2.75, 3.05) is 18.4 Å². The number of hydrogen-bond donors (Lipinski definition) is 2. The van der Waals surface area contributed by atoms with Gasteiger partial charge in [-0.3, -0.25) is 9.69 Å². The third kappa shape index (κ3) is 5.74. The van der Waals surface area contributed by atoms with Gasteiger partial charge in [0, 0.05) is 31.6 Å². The number of piperidine rings is 1. The second-order valence-electron chi connectivity index (χ2n) is 8.59. The van der Waals surface area contributed by atoms with E-state index in [1.54, 1.807) is 17.9 Å². The molecule has 4 rings (SSSR count).